The van der Waals surface area contributed by atoms with Gasteiger partial charge in [0.15, 0.2) is 5.78 Å². The van der Waals surface area contributed by atoms with Gasteiger partial charge in [0, 0.05) is 5.56 Å². The van der Waals surface area contributed by atoms with E-state index in [2.05, 4.69) is 24.8 Å². The van der Waals surface area contributed by atoms with Crippen LogP contribution in [0.2, 0.25) is 0 Å². The molecule has 1 aliphatic heterocycles. The monoisotopic (exact) mass is 325 g/mol. The maximum Gasteiger partial charge on any atom is 0.159 e. The molecule has 0 bridgehead atoms. The van der Waals surface area contributed by atoms with Gasteiger partial charge in [-0.3, -0.25) is 4.79 Å². The van der Waals surface area contributed by atoms with Crippen molar-refractivity contribution in [3.8, 4) is 11.5 Å². The van der Waals surface area contributed by atoms with Crippen LogP contribution >= 0.6 is 0 Å². The third-order valence-corrected chi connectivity index (χ3v) is 4.13. The van der Waals surface area contributed by atoms with Crippen molar-refractivity contribution in [2.24, 2.45) is 0 Å². The quantitative estimate of drug-likeness (QED) is 0.783. The Hall–Kier alpha value is -2.49. The fourth-order valence-corrected chi connectivity index (χ4v) is 2.94. The van der Waals surface area contributed by atoms with E-state index in [0.717, 1.165) is 30.3 Å². The number of rotatable bonds is 5. The lowest BCUT2D eigenvalue weighted by Crippen LogP contribution is -2.40. The Morgan fingerprint density at radius 2 is 2.12 bits per heavy atom. The summed E-state index contributed by atoms with van der Waals surface area (Å²) in [7, 11) is 0. The maximum absolute atomic E-state index is 11.6. The van der Waals surface area contributed by atoms with Crippen molar-refractivity contribution in [2.45, 2.75) is 26.9 Å². The van der Waals surface area contributed by atoms with Crippen LogP contribution in [0.1, 0.15) is 29.8 Å². The zero-order valence-electron chi connectivity index (χ0n) is 14.4. The fourth-order valence-electron chi connectivity index (χ4n) is 2.94. The van der Waals surface area contributed by atoms with Crippen LogP contribution in [0.25, 0.3) is 0 Å². The topological polar surface area (TPSA) is 38.8 Å². The lowest BCUT2D eigenvalue weighted by Gasteiger charge is -2.35. The van der Waals surface area contributed by atoms with Crippen LogP contribution in [0.4, 0.5) is 5.69 Å². The van der Waals surface area contributed by atoms with Crippen molar-refractivity contribution in [2.75, 3.05) is 24.6 Å². The molecule has 0 spiro atoms. The SMILES string of the molecule is CC(=O)c1ccc2c(c1)N(CCOc1cccc(C)c1)CC(C)O2. The zero-order chi connectivity index (χ0) is 17.1. The third-order valence-electron chi connectivity index (χ3n) is 4.13. The molecule has 1 heterocycles. The first-order valence-corrected chi connectivity index (χ1v) is 8.29. The van der Waals surface area contributed by atoms with Gasteiger partial charge in [-0.25, -0.2) is 0 Å². The Morgan fingerprint density at radius 3 is 2.88 bits per heavy atom. The van der Waals surface area contributed by atoms with Gasteiger partial charge >= 0.3 is 0 Å². The van der Waals surface area contributed by atoms with Crippen LogP contribution in [0.5, 0.6) is 11.5 Å². The zero-order valence-corrected chi connectivity index (χ0v) is 14.4. The number of fused-ring (bicyclic) bond motifs is 1. The number of ether oxygens (including phenoxy) is 2. The molecule has 0 fully saturated rings. The smallest absolute Gasteiger partial charge is 0.159 e. The van der Waals surface area contributed by atoms with Gasteiger partial charge in [-0.1, -0.05) is 12.1 Å². The van der Waals surface area contributed by atoms with E-state index in [4.69, 9.17) is 9.47 Å². The first-order chi connectivity index (χ1) is 11.5. The molecule has 1 unspecified atom stereocenters. The van der Waals surface area contributed by atoms with E-state index in [1.165, 1.54) is 5.56 Å². The minimum absolute atomic E-state index is 0.0624. The van der Waals surface area contributed by atoms with Gasteiger partial charge in [-0.15, -0.1) is 0 Å². The summed E-state index contributed by atoms with van der Waals surface area (Å²) in [6.45, 7) is 7.80. The molecule has 0 aliphatic carbocycles. The van der Waals surface area contributed by atoms with Crippen molar-refractivity contribution >= 4 is 11.5 Å². The minimum atomic E-state index is 0.0624. The molecule has 0 radical (unpaired) electrons. The highest BCUT2D eigenvalue weighted by molar-refractivity contribution is 5.95. The second kappa shape index (κ2) is 6.95. The van der Waals surface area contributed by atoms with Crippen LogP contribution in [-0.4, -0.2) is 31.6 Å². The van der Waals surface area contributed by atoms with E-state index in [-0.39, 0.29) is 11.9 Å². The van der Waals surface area contributed by atoms with Gasteiger partial charge in [-0.2, -0.15) is 0 Å². The molecule has 1 atom stereocenters. The lowest BCUT2D eigenvalue weighted by atomic mass is 10.1. The van der Waals surface area contributed by atoms with Crippen molar-refractivity contribution in [3.63, 3.8) is 0 Å². The number of anilines is 1. The van der Waals surface area contributed by atoms with Crippen molar-refractivity contribution in [3.05, 3.63) is 53.6 Å². The van der Waals surface area contributed by atoms with E-state index in [0.29, 0.717) is 12.2 Å². The number of nitrogens with zero attached hydrogens (tertiary/aromatic N) is 1. The van der Waals surface area contributed by atoms with Crippen molar-refractivity contribution in [1.82, 2.24) is 0 Å². The average Bonchev–Trinajstić information content (AvgIpc) is 2.54. The van der Waals surface area contributed by atoms with Gasteiger partial charge in [-0.05, 0) is 56.7 Å². The Balaban J connectivity index is 1.71. The highest BCUT2D eigenvalue weighted by Gasteiger charge is 2.23. The van der Waals surface area contributed by atoms with Crippen molar-refractivity contribution in [1.29, 1.82) is 0 Å². The number of Topliss-reactive ketones (excluding diaryl/α,β-unsaturated/α-hetero) is 1. The Kier molecular flexibility index (Phi) is 4.74. The molecule has 0 amide bonds. The molecule has 24 heavy (non-hydrogen) atoms. The van der Waals surface area contributed by atoms with Crippen LogP contribution in [0.15, 0.2) is 42.5 Å². The van der Waals surface area contributed by atoms with E-state index in [9.17, 15) is 4.79 Å². The summed E-state index contributed by atoms with van der Waals surface area (Å²) in [5.74, 6) is 1.77. The largest absolute Gasteiger partial charge is 0.492 e. The lowest BCUT2D eigenvalue weighted by molar-refractivity contribution is 0.101. The molecule has 0 saturated carbocycles. The molecular weight excluding hydrogens is 302 g/mol. The Morgan fingerprint density at radius 1 is 1.29 bits per heavy atom. The van der Waals surface area contributed by atoms with Crippen LogP contribution in [0.3, 0.4) is 0 Å². The summed E-state index contributed by atoms with van der Waals surface area (Å²) in [5.41, 5.74) is 2.86. The third kappa shape index (κ3) is 3.70. The average molecular weight is 325 g/mol. The highest BCUT2D eigenvalue weighted by Crippen LogP contribution is 2.34. The van der Waals surface area contributed by atoms with Gasteiger partial charge < -0.3 is 14.4 Å². The molecular formula is C20H23NO3. The standard InChI is InChI=1S/C20H23NO3/c1-14-5-4-6-18(11-14)23-10-9-21-13-15(2)24-20-8-7-17(16(3)22)12-19(20)21/h4-8,11-12,15H,9-10,13H2,1-3H3. The summed E-state index contributed by atoms with van der Waals surface area (Å²) < 4.78 is 11.8. The number of carbonyl (C=O) groups is 1. The van der Waals surface area contributed by atoms with Gasteiger partial charge in [0.25, 0.3) is 0 Å². The van der Waals surface area contributed by atoms with E-state index >= 15 is 0 Å². The summed E-state index contributed by atoms with van der Waals surface area (Å²) in [6, 6.07) is 13.7. The fraction of sp³-hybridized carbons (Fsp3) is 0.350. The molecule has 0 saturated heterocycles. The normalized spacial score (nSPS) is 16.3. The minimum Gasteiger partial charge on any atom is -0.492 e. The van der Waals surface area contributed by atoms with Gasteiger partial charge in [0.2, 0.25) is 0 Å². The second-order valence-electron chi connectivity index (χ2n) is 6.28. The molecule has 2 aromatic carbocycles. The predicted octanol–water partition coefficient (Wildman–Crippen LogP) is 3.86. The molecule has 4 heteroatoms. The second-order valence-corrected chi connectivity index (χ2v) is 6.28. The Labute approximate surface area is 143 Å². The molecule has 0 N–H and O–H groups in total. The molecule has 126 valence electrons. The summed E-state index contributed by atoms with van der Waals surface area (Å²) >= 11 is 0. The number of carbonyl (C=O) groups excluding carboxylic acids is 1. The number of aryl methyl sites for hydroxylation is 1. The predicted molar refractivity (Wildman–Crippen MR) is 95.4 cm³/mol. The van der Waals surface area contributed by atoms with E-state index in [1.54, 1.807) is 6.92 Å². The molecule has 3 rings (SSSR count). The first-order valence-electron chi connectivity index (χ1n) is 8.29. The van der Waals surface area contributed by atoms with Gasteiger partial charge in [0.1, 0.15) is 24.2 Å². The molecule has 1 aliphatic rings. The van der Waals surface area contributed by atoms with E-state index < -0.39 is 0 Å². The van der Waals surface area contributed by atoms with Crippen LogP contribution in [0, 0.1) is 6.92 Å². The summed E-state index contributed by atoms with van der Waals surface area (Å²) in [5, 5.41) is 0. The number of ketones is 1. The molecule has 4 nitrogen and oxygen atoms in total. The number of hydrogen-bond donors (Lipinski definition) is 0. The van der Waals surface area contributed by atoms with E-state index in [1.807, 2.05) is 36.4 Å². The highest BCUT2D eigenvalue weighted by atomic mass is 16.5. The Bertz CT molecular complexity index is 741. The first kappa shape index (κ1) is 16.4. The van der Waals surface area contributed by atoms with Crippen LogP contribution in [-0.2, 0) is 0 Å². The summed E-state index contributed by atoms with van der Waals surface area (Å²) in [6.07, 6.45) is 0.111. The maximum atomic E-state index is 11.6. The van der Waals surface area contributed by atoms with Gasteiger partial charge in [0.05, 0.1) is 18.8 Å². The summed E-state index contributed by atoms with van der Waals surface area (Å²) in [4.78, 5) is 13.9. The van der Waals surface area contributed by atoms with Crippen molar-refractivity contribution < 1.29 is 14.3 Å². The number of hydrogen-bond acceptors (Lipinski definition) is 4. The molecule has 0 aromatic heterocycles. The molecule has 2 aromatic rings. The number of benzene rings is 2. The van der Waals surface area contributed by atoms with Crippen LogP contribution < -0.4 is 14.4 Å².